The van der Waals surface area contributed by atoms with Crippen molar-refractivity contribution in [3.05, 3.63) is 89.5 Å². The Morgan fingerprint density at radius 3 is 2.78 bits per heavy atom. The molecule has 1 saturated heterocycles. The molecule has 2 aromatic heterocycles. The molecule has 27 heavy (non-hydrogen) atoms. The number of rotatable bonds is 4. The van der Waals surface area contributed by atoms with Gasteiger partial charge in [0.2, 0.25) is 0 Å². The van der Waals surface area contributed by atoms with E-state index in [0.29, 0.717) is 18.7 Å². The molecule has 6 heteroatoms. The van der Waals surface area contributed by atoms with Crippen molar-refractivity contribution in [2.24, 2.45) is 0 Å². The van der Waals surface area contributed by atoms with Crippen molar-refractivity contribution in [2.45, 2.75) is 25.3 Å². The Morgan fingerprint density at radius 1 is 1.15 bits per heavy atom. The minimum Gasteiger partial charge on any atom is -0.329 e. The molecular weight excluding hydrogens is 343 g/mol. The highest BCUT2D eigenvalue weighted by atomic mass is 19.1. The third-order valence-corrected chi connectivity index (χ3v) is 4.76. The van der Waals surface area contributed by atoms with Crippen molar-refractivity contribution in [2.75, 3.05) is 6.54 Å². The molecule has 0 spiro atoms. The van der Waals surface area contributed by atoms with Gasteiger partial charge in [0, 0.05) is 31.1 Å². The minimum atomic E-state index is -0.246. The van der Waals surface area contributed by atoms with Gasteiger partial charge in [0.25, 0.3) is 5.91 Å². The molecule has 0 saturated carbocycles. The topological polar surface area (TPSA) is 59.0 Å². The number of carbonyl (C=O) groups is 1. The lowest BCUT2D eigenvalue weighted by Gasteiger charge is -2.24. The summed E-state index contributed by atoms with van der Waals surface area (Å²) in [4.78, 5) is 27.5. The molecule has 1 aliphatic heterocycles. The molecular formula is C21H19FN4O. The quantitative estimate of drug-likeness (QED) is 0.712. The average Bonchev–Trinajstić information content (AvgIpc) is 3.20. The summed E-state index contributed by atoms with van der Waals surface area (Å²) in [5.74, 6) is -0.360. The van der Waals surface area contributed by atoms with E-state index in [0.717, 1.165) is 29.8 Å². The molecule has 1 amide bonds. The second kappa shape index (κ2) is 7.61. The normalized spacial score (nSPS) is 16.5. The maximum atomic E-state index is 13.1. The summed E-state index contributed by atoms with van der Waals surface area (Å²) in [7, 11) is 0. The molecule has 1 fully saturated rings. The van der Waals surface area contributed by atoms with Crippen LogP contribution in [0.2, 0.25) is 0 Å². The van der Waals surface area contributed by atoms with Crippen molar-refractivity contribution in [3.63, 3.8) is 0 Å². The van der Waals surface area contributed by atoms with Gasteiger partial charge in [0.1, 0.15) is 11.5 Å². The predicted molar refractivity (Wildman–Crippen MR) is 98.5 cm³/mol. The van der Waals surface area contributed by atoms with E-state index in [1.165, 1.54) is 24.5 Å². The maximum absolute atomic E-state index is 13.1. The molecule has 136 valence electrons. The van der Waals surface area contributed by atoms with E-state index in [1.807, 2.05) is 23.1 Å². The van der Waals surface area contributed by atoms with Crippen LogP contribution in [0.4, 0.5) is 4.39 Å². The summed E-state index contributed by atoms with van der Waals surface area (Å²) >= 11 is 0. The van der Waals surface area contributed by atoms with Crippen LogP contribution in [0.1, 0.15) is 46.3 Å². The summed E-state index contributed by atoms with van der Waals surface area (Å²) < 4.78 is 13.1. The molecule has 1 aliphatic rings. The van der Waals surface area contributed by atoms with Gasteiger partial charge >= 0.3 is 0 Å². The number of aromatic nitrogens is 3. The van der Waals surface area contributed by atoms with Gasteiger partial charge in [-0.05, 0) is 42.7 Å². The smallest absolute Gasteiger partial charge is 0.274 e. The Labute approximate surface area is 156 Å². The first-order chi connectivity index (χ1) is 13.2. The van der Waals surface area contributed by atoms with Crippen LogP contribution in [0.15, 0.2) is 61.1 Å². The van der Waals surface area contributed by atoms with Gasteiger partial charge in [-0.25, -0.2) is 9.37 Å². The highest BCUT2D eigenvalue weighted by Crippen LogP contribution is 2.32. The first-order valence-corrected chi connectivity index (χ1v) is 8.98. The Hall–Kier alpha value is -3.15. The van der Waals surface area contributed by atoms with E-state index in [1.54, 1.807) is 18.3 Å². The van der Waals surface area contributed by atoms with Gasteiger partial charge < -0.3 is 4.90 Å². The summed E-state index contributed by atoms with van der Waals surface area (Å²) in [6.45, 7) is 0.684. The fourth-order valence-corrected chi connectivity index (χ4v) is 3.47. The van der Waals surface area contributed by atoms with Gasteiger partial charge in [-0.15, -0.1) is 0 Å². The maximum Gasteiger partial charge on any atom is 0.274 e. The molecule has 1 aromatic carbocycles. The lowest BCUT2D eigenvalue weighted by Crippen LogP contribution is -2.31. The van der Waals surface area contributed by atoms with Crippen LogP contribution in [0, 0.1) is 5.82 Å². The highest BCUT2D eigenvalue weighted by molar-refractivity contribution is 5.92. The monoisotopic (exact) mass is 362 g/mol. The molecule has 0 N–H and O–H groups in total. The van der Waals surface area contributed by atoms with Crippen LogP contribution >= 0.6 is 0 Å². The number of hydrogen-bond donors (Lipinski definition) is 0. The first-order valence-electron chi connectivity index (χ1n) is 8.98. The number of benzene rings is 1. The second-order valence-corrected chi connectivity index (χ2v) is 6.60. The number of pyridine rings is 1. The van der Waals surface area contributed by atoms with Crippen LogP contribution < -0.4 is 0 Å². The molecule has 0 aliphatic carbocycles. The third kappa shape index (κ3) is 3.84. The SMILES string of the molecule is O=C(c1cnccn1)N1CCC[C@H]1c1cccc(Cc2ccc(F)cc2)n1. The van der Waals surface area contributed by atoms with E-state index < -0.39 is 0 Å². The van der Waals surface area contributed by atoms with Crippen LogP contribution in [-0.2, 0) is 6.42 Å². The molecule has 0 radical (unpaired) electrons. The number of amides is 1. The van der Waals surface area contributed by atoms with Gasteiger partial charge in [-0.1, -0.05) is 18.2 Å². The molecule has 3 heterocycles. The zero-order valence-corrected chi connectivity index (χ0v) is 14.8. The van der Waals surface area contributed by atoms with E-state index in [-0.39, 0.29) is 17.8 Å². The van der Waals surface area contributed by atoms with Gasteiger partial charge in [0.05, 0.1) is 17.9 Å². The van der Waals surface area contributed by atoms with E-state index in [4.69, 9.17) is 4.98 Å². The standard InChI is InChI=1S/C21H19FN4O/c22-16-8-6-15(7-9-16)13-17-3-1-4-18(25-17)20-5-2-12-26(20)21(27)19-14-23-10-11-24-19/h1,3-4,6-11,14,20H,2,5,12-13H2/t20-/m0/s1. The second-order valence-electron chi connectivity index (χ2n) is 6.60. The first kappa shape index (κ1) is 17.3. The fourth-order valence-electron chi connectivity index (χ4n) is 3.47. The third-order valence-electron chi connectivity index (χ3n) is 4.76. The number of halogens is 1. The zero-order valence-electron chi connectivity index (χ0n) is 14.8. The number of nitrogens with zero attached hydrogens (tertiary/aromatic N) is 4. The largest absolute Gasteiger partial charge is 0.329 e. The number of carbonyl (C=O) groups excluding carboxylic acids is 1. The predicted octanol–water partition coefficient (Wildman–Crippen LogP) is 3.58. The van der Waals surface area contributed by atoms with E-state index >= 15 is 0 Å². The molecule has 3 aromatic rings. The van der Waals surface area contributed by atoms with Crippen molar-refractivity contribution in [3.8, 4) is 0 Å². The van der Waals surface area contributed by atoms with Crippen LogP contribution in [0.25, 0.3) is 0 Å². The summed E-state index contributed by atoms with van der Waals surface area (Å²) in [5.41, 5.74) is 3.13. The lowest BCUT2D eigenvalue weighted by molar-refractivity contribution is 0.0726. The van der Waals surface area contributed by atoms with Gasteiger partial charge in [-0.2, -0.15) is 0 Å². The fraction of sp³-hybridized carbons (Fsp3) is 0.238. The molecule has 5 nitrogen and oxygen atoms in total. The van der Waals surface area contributed by atoms with Gasteiger partial charge in [0.15, 0.2) is 0 Å². The average molecular weight is 362 g/mol. The Morgan fingerprint density at radius 2 is 2.00 bits per heavy atom. The van der Waals surface area contributed by atoms with E-state index in [2.05, 4.69) is 9.97 Å². The number of hydrogen-bond acceptors (Lipinski definition) is 4. The molecule has 1 atom stereocenters. The van der Waals surface area contributed by atoms with Crippen LogP contribution in [-0.4, -0.2) is 32.3 Å². The summed E-state index contributed by atoms with van der Waals surface area (Å²) in [5, 5.41) is 0. The Bertz CT molecular complexity index is 930. The van der Waals surface area contributed by atoms with Crippen LogP contribution in [0.5, 0.6) is 0 Å². The van der Waals surface area contributed by atoms with Crippen molar-refractivity contribution in [1.82, 2.24) is 19.9 Å². The van der Waals surface area contributed by atoms with Crippen LogP contribution in [0.3, 0.4) is 0 Å². The lowest BCUT2D eigenvalue weighted by atomic mass is 10.1. The Balaban J connectivity index is 1.55. The van der Waals surface area contributed by atoms with Gasteiger partial charge in [-0.3, -0.25) is 14.8 Å². The minimum absolute atomic E-state index is 0.0623. The molecule has 0 unspecified atom stereocenters. The van der Waals surface area contributed by atoms with E-state index in [9.17, 15) is 9.18 Å². The zero-order chi connectivity index (χ0) is 18.6. The summed E-state index contributed by atoms with van der Waals surface area (Å²) in [6.07, 6.45) is 7.01. The molecule has 4 rings (SSSR count). The Kier molecular flexibility index (Phi) is 4.87. The van der Waals surface area contributed by atoms with Crippen molar-refractivity contribution in [1.29, 1.82) is 0 Å². The molecule has 0 bridgehead atoms. The number of likely N-dealkylation sites (tertiary alicyclic amines) is 1. The summed E-state index contributed by atoms with van der Waals surface area (Å²) in [6, 6.07) is 12.3. The highest BCUT2D eigenvalue weighted by Gasteiger charge is 2.32. The van der Waals surface area contributed by atoms with Crippen molar-refractivity contribution >= 4 is 5.91 Å². The van der Waals surface area contributed by atoms with Crippen molar-refractivity contribution < 1.29 is 9.18 Å².